The van der Waals surface area contributed by atoms with Crippen molar-refractivity contribution in [3.8, 4) is 5.75 Å². The number of hydrogen-bond acceptors (Lipinski definition) is 3. The van der Waals surface area contributed by atoms with Crippen molar-refractivity contribution in [2.45, 2.75) is 6.42 Å². The van der Waals surface area contributed by atoms with Gasteiger partial charge in [-0.2, -0.15) is 0 Å². The van der Waals surface area contributed by atoms with E-state index in [2.05, 4.69) is 5.32 Å². The lowest BCUT2D eigenvalue weighted by Gasteiger charge is -2.19. The van der Waals surface area contributed by atoms with Crippen LogP contribution in [0.25, 0.3) is 0 Å². The Kier molecular flexibility index (Phi) is 4.05. The highest BCUT2D eigenvalue weighted by molar-refractivity contribution is 14.1. The standard InChI is InChI=1S/C12H13IN2O3/c13-9-3-2-8(6-10(9)16)12(18)15-5-1-4-14-11(17)7-15/h2-3,6,16H,1,4-5,7H2,(H,14,17). The number of carbonyl (C=O) groups excluding carboxylic acids is 2. The summed E-state index contributed by atoms with van der Waals surface area (Å²) in [4.78, 5) is 25.1. The van der Waals surface area contributed by atoms with Crippen LogP contribution in [-0.4, -0.2) is 41.5 Å². The summed E-state index contributed by atoms with van der Waals surface area (Å²) in [7, 11) is 0. The zero-order valence-electron chi connectivity index (χ0n) is 9.65. The molecule has 0 aromatic heterocycles. The van der Waals surface area contributed by atoms with Crippen molar-refractivity contribution in [1.29, 1.82) is 0 Å². The highest BCUT2D eigenvalue weighted by Gasteiger charge is 2.21. The van der Waals surface area contributed by atoms with Gasteiger partial charge in [0, 0.05) is 18.7 Å². The quantitative estimate of drug-likeness (QED) is 0.733. The van der Waals surface area contributed by atoms with Crippen molar-refractivity contribution in [3.63, 3.8) is 0 Å². The smallest absolute Gasteiger partial charge is 0.254 e. The van der Waals surface area contributed by atoms with Gasteiger partial charge in [0.2, 0.25) is 5.91 Å². The summed E-state index contributed by atoms with van der Waals surface area (Å²) in [6, 6.07) is 4.78. The van der Waals surface area contributed by atoms with Crippen molar-refractivity contribution in [3.05, 3.63) is 27.3 Å². The Morgan fingerprint density at radius 1 is 1.44 bits per heavy atom. The number of rotatable bonds is 1. The summed E-state index contributed by atoms with van der Waals surface area (Å²) in [6.07, 6.45) is 0.744. The van der Waals surface area contributed by atoms with Gasteiger partial charge in [0.05, 0.1) is 10.1 Å². The zero-order valence-corrected chi connectivity index (χ0v) is 11.8. The second-order valence-corrected chi connectivity index (χ2v) is 5.26. The molecule has 2 amide bonds. The molecular weight excluding hydrogens is 347 g/mol. The average Bonchev–Trinajstić information content (AvgIpc) is 2.56. The molecule has 1 aromatic carbocycles. The summed E-state index contributed by atoms with van der Waals surface area (Å²) in [6.45, 7) is 1.22. The molecule has 0 saturated carbocycles. The molecule has 0 atom stereocenters. The Morgan fingerprint density at radius 2 is 2.22 bits per heavy atom. The molecule has 2 rings (SSSR count). The molecule has 0 unspecified atom stereocenters. The molecule has 0 radical (unpaired) electrons. The fourth-order valence-corrected chi connectivity index (χ4v) is 2.14. The second kappa shape index (κ2) is 5.55. The first-order valence-corrected chi connectivity index (χ1v) is 6.70. The fraction of sp³-hybridized carbons (Fsp3) is 0.333. The van der Waals surface area contributed by atoms with Crippen LogP contribution in [0, 0.1) is 3.57 Å². The monoisotopic (exact) mass is 360 g/mol. The van der Waals surface area contributed by atoms with Gasteiger partial charge in [-0.05, 0) is 47.2 Å². The highest BCUT2D eigenvalue weighted by Crippen LogP contribution is 2.21. The SMILES string of the molecule is O=C1CN(C(=O)c2ccc(I)c(O)c2)CCCN1. The maximum atomic E-state index is 12.2. The van der Waals surface area contributed by atoms with Gasteiger partial charge < -0.3 is 15.3 Å². The van der Waals surface area contributed by atoms with Crippen LogP contribution < -0.4 is 5.32 Å². The molecular formula is C12H13IN2O3. The van der Waals surface area contributed by atoms with Gasteiger partial charge in [0.1, 0.15) is 5.75 Å². The molecule has 0 bridgehead atoms. The largest absolute Gasteiger partial charge is 0.507 e. The van der Waals surface area contributed by atoms with Crippen LogP contribution in [0.1, 0.15) is 16.8 Å². The van der Waals surface area contributed by atoms with E-state index >= 15 is 0 Å². The Hall–Kier alpha value is -1.31. The topological polar surface area (TPSA) is 69.6 Å². The van der Waals surface area contributed by atoms with E-state index in [1.165, 1.54) is 11.0 Å². The molecule has 6 heteroatoms. The minimum absolute atomic E-state index is 0.0750. The van der Waals surface area contributed by atoms with Crippen LogP contribution in [0.3, 0.4) is 0 Å². The van der Waals surface area contributed by atoms with E-state index in [0.29, 0.717) is 22.2 Å². The number of hydrogen-bond donors (Lipinski definition) is 2. The first-order chi connectivity index (χ1) is 8.58. The maximum Gasteiger partial charge on any atom is 0.254 e. The first kappa shape index (κ1) is 13.1. The Bertz CT molecular complexity index is 490. The first-order valence-electron chi connectivity index (χ1n) is 5.62. The molecule has 18 heavy (non-hydrogen) atoms. The Balaban J connectivity index is 2.19. The third kappa shape index (κ3) is 2.92. The zero-order chi connectivity index (χ0) is 13.1. The summed E-state index contributed by atoms with van der Waals surface area (Å²) >= 11 is 1.99. The van der Waals surface area contributed by atoms with E-state index in [9.17, 15) is 14.7 Å². The van der Waals surface area contributed by atoms with E-state index < -0.39 is 0 Å². The number of amides is 2. The third-order valence-corrected chi connectivity index (χ3v) is 3.65. The summed E-state index contributed by atoms with van der Waals surface area (Å²) in [5.74, 6) is -0.282. The minimum atomic E-state index is -0.223. The molecule has 1 fully saturated rings. The lowest BCUT2D eigenvalue weighted by atomic mass is 10.2. The van der Waals surface area contributed by atoms with Gasteiger partial charge in [0.15, 0.2) is 0 Å². The number of aromatic hydroxyl groups is 1. The van der Waals surface area contributed by atoms with Crippen LogP contribution in [0.5, 0.6) is 5.75 Å². The van der Waals surface area contributed by atoms with Crippen LogP contribution in [-0.2, 0) is 4.79 Å². The van der Waals surface area contributed by atoms with Gasteiger partial charge in [-0.15, -0.1) is 0 Å². The number of nitrogens with one attached hydrogen (secondary N) is 1. The number of carbonyl (C=O) groups is 2. The number of phenols is 1. The Labute approximate surface area is 118 Å². The number of benzene rings is 1. The summed E-state index contributed by atoms with van der Waals surface area (Å²) in [5.41, 5.74) is 0.405. The maximum absolute atomic E-state index is 12.2. The van der Waals surface area contributed by atoms with Crippen molar-refractivity contribution < 1.29 is 14.7 Å². The predicted molar refractivity (Wildman–Crippen MR) is 74.4 cm³/mol. The molecule has 1 saturated heterocycles. The van der Waals surface area contributed by atoms with Crippen molar-refractivity contribution in [2.24, 2.45) is 0 Å². The third-order valence-electron chi connectivity index (χ3n) is 2.74. The van der Waals surface area contributed by atoms with Gasteiger partial charge >= 0.3 is 0 Å². The van der Waals surface area contributed by atoms with Gasteiger partial charge in [-0.1, -0.05) is 0 Å². The second-order valence-electron chi connectivity index (χ2n) is 4.10. The van der Waals surface area contributed by atoms with E-state index in [-0.39, 0.29) is 24.1 Å². The van der Waals surface area contributed by atoms with E-state index in [4.69, 9.17) is 0 Å². The lowest BCUT2D eigenvalue weighted by Crippen LogP contribution is -2.37. The minimum Gasteiger partial charge on any atom is -0.507 e. The lowest BCUT2D eigenvalue weighted by molar-refractivity contribution is -0.121. The van der Waals surface area contributed by atoms with Gasteiger partial charge in [-0.3, -0.25) is 9.59 Å². The summed E-state index contributed by atoms with van der Waals surface area (Å²) in [5, 5.41) is 12.3. The molecule has 1 aliphatic rings. The van der Waals surface area contributed by atoms with Gasteiger partial charge in [0.25, 0.3) is 5.91 Å². The number of nitrogens with zero attached hydrogens (tertiary/aromatic N) is 1. The van der Waals surface area contributed by atoms with E-state index in [1.807, 2.05) is 22.6 Å². The van der Waals surface area contributed by atoms with Gasteiger partial charge in [-0.25, -0.2) is 0 Å². The summed E-state index contributed by atoms with van der Waals surface area (Å²) < 4.78 is 0.692. The predicted octanol–water partition coefficient (Wildman–Crippen LogP) is 0.959. The molecule has 0 aliphatic carbocycles. The molecule has 1 heterocycles. The van der Waals surface area contributed by atoms with Crippen LogP contribution in [0.4, 0.5) is 0 Å². The van der Waals surface area contributed by atoms with Crippen LogP contribution in [0.15, 0.2) is 18.2 Å². The van der Waals surface area contributed by atoms with Crippen molar-refractivity contribution >= 4 is 34.4 Å². The van der Waals surface area contributed by atoms with E-state index in [1.54, 1.807) is 12.1 Å². The molecule has 96 valence electrons. The number of halogens is 1. The van der Waals surface area contributed by atoms with Crippen LogP contribution in [0.2, 0.25) is 0 Å². The number of phenolic OH excluding ortho intramolecular Hbond substituents is 1. The molecule has 1 aliphatic heterocycles. The van der Waals surface area contributed by atoms with Crippen molar-refractivity contribution in [1.82, 2.24) is 10.2 Å². The van der Waals surface area contributed by atoms with Crippen molar-refractivity contribution in [2.75, 3.05) is 19.6 Å². The molecule has 5 nitrogen and oxygen atoms in total. The Morgan fingerprint density at radius 3 is 2.94 bits per heavy atom. The van der Waals surface area contributed by atoms with Crippen LogP contribution >= 0.6 is 22.6 Å². The average molecular weight is 360 g/mol. The normalized spacial score (nSPS) is 16.1. The molecule has 0 spiro atoms. The van der Waals surface area contributed by atoms with E-state index in [0.717, 1.165) is 6.42 Å². The molecule has 2 N–H and O–H groups in total. The fourth-order valence-electron chi connectivity index (χ4n) is 1.81. The highest BCUT2D eigenvalue weighted by atomic mass is 127. The molecule has 1 aromatic rings.